The van der Waals surface area contributed by atoms with Gasteiger partial charge in [-0.3, -0.25) is 4.90 Å². The predicted molar refractivity (Wildman–Crippen MR) is 74.0 cm³/mol. The molecule has 0 saturated carbocycles. The maximum atomic E-state index is 11.5. The number of sulfone groups is 1. The molecule has 18 heavy (non-hydrogen) atoms. The Kier molecular flexibility index (Phi) is 3.92. The molecule has 4 nitrogen and oxygen atoms in total. The first-order valence-electron chi connectivity index (χ1n) is 6.29. The van der Waals surface area contributed by atoms with Crippen LogP contribution in [0.2, 0.25) is 0 Å². The molecule has 1 atom stereocenters. The largest absolute Gasteiger partial charge is 0.398 e. The van der Waals surface area contributed by atoms with Gasteiger partial charge in [-0.1, -0.05) is 25.1 Å². The van der Waals surface area contributed by atoms with Gasteiger partial charge in [-0.15, -0.1) is 0 Å². The van der Waals surface area contributed by atoms with Gasteiger partial charge in [0.15, 0.2) is 9.84 Å². The highest BCUT2D eigenvalue weighted by atomic mass is 32.2. The van der Waals surface area contributed by atoms with Crippen molar-refractivity contribution in [2.24, 2.45) is 0 Å². The van der Waals surface area contributed by atoms with Crippen molar-refractivity contribution < 1.29 is 8.42 Å². The average molecular weight is 268 g/mol. The lowest BCUT2D eigenvalue weighted by molar-refractivity contribution is 0.215. The van der Waals surface area contributed by atoms with Gasteiger partial charge < -0.3 is 5.73 Å². The van der Waals surface area contributed by atoms with E-state index in [-0.39, 0.29) is 11.8 Å². The van der Waals surface area contributed by atoms with Gasteiger partial charge >= 0.3 is 0 Å². The van der Waals surface area contributed by atoms with Gasteiger partial charge in [0, 0.05) is 18.3 Å². The maximum Gasteiger partial charge on any atom is 0.151 e. The van der Waals surface area contributed by atoms with E-state index in [0.29, 0.717) is 5.75 Å². The topological polar surface area (TPSA) is 63.4 Å². The number of nitrogens with two attached hydrogens (primary N) is 1. The molecule has 2 rings (SSSR count). The third-order valence-electron chi connectivity index (χ3n) is 3.56. The summed E-state index contributed by atoms with van der Waals surface area (Å²) in [6.07, 6.45) is 0.739. The Morgan fingerprint density at radius 1 is 1.39 bits per heavy atom. The van der Waals surface area contributed by atoms with Crippen LogP contribution in [0, 0.1) is 0 Å². The lowest BCUT2D eigenvalue weighted by Gasteiger charge is -2.27. The molecule has 1 aliphatic heterocycles. The normalized spacial score (nSPS) is 22.4. The van der Waals surface area contributed by atoms with E-state index in [0.717, 1.165) is 30.8 Å². The number of nitrogens with zero attached hydrogens (tertiary/aromatic N) is 1. The molecule has 1 fully saturated rings. The first kappa shape index (κ1) is 13.4. The van der Waals surface area contributed by atoms with Crippen LogP contribution < -0.4 is 5.73 Å². The van der Waals surface area contributed by atoms with Crippen LogP contribution in [0.3, 0.4) is 0 Å². The van der Waals surface area contributed by atoms with E-state index in [1.807, 2.05) is 24.3 Å². The van der Waals surface area contributed by atoms with Crippen LogP contribution in [0.4, 0.5) is 5.69 Å². The van der Waals surface area contributed by atoms with Gasteiger partial charge in [0.1, 0.15) is 0 Å². The van der Waals surface area contributed by atoms with Gasteiger partial charge in [-0.2, -0.15) is 0 Å². The zero-order chi connectivity index (χ0) is 13.2. The number of hydrogen-bond donors (Lipinski definition) is 1. The van der Waals surface area contributed by atoms with Crippen LogP contribution in [0.5, 0.6) is 0 Å². The summed E-state index contributed by atoms with van der Waals surface area (Å²) in [4.78, 5) is 2.20. The van der Waals surface area contributed by atoms with Crippen molar-refractivity contribution in [3.8, 4) is 0 Å². The molecule has 100 valence electrons. The second-order valence-corrected chi connectivity index (χ2v) is 7.05. The van der Waals surface area contributed by atoms with Gasteiger partial charge in [0.2, 0.25) is 0 Å². The minimum absolute atomic E-state index is 0.139. The van der Waals surface area contributed by atoms with Crippen LogP contribution in [0.15, 0.2) is 24.3 Å². The third kappa shape index (κ3) is 3.03. The van der Waals surface area contributed by atoms with Gasteiger partial charge in [-0.05, 0) is 24.6 Å². The fraction of sp³-hybridized carbons (Fsp3) is 0.538. The molecule has 0 bridgehead atoms. The monoisotopic (exact) mass is 268 g/mol. The molecule has 1 saturated heterocycles. The number of para-hydroxylation sites is 1. The van der Waals surface area contributed by atoms with E-state index < -0.39 is 9.84 Å². The molecule has 1 unspecified atom stereocenters. The van der Waals surface area contributed by atoms with Crippen molar-refractivity contribution >= 4 is 15.5 Å². The van der Waals surface area contributed by atoms with E-state index in [9.17, 15) is 8.42 Å². The smallest absolute Gasteiger partial charge is 0.151 e. The highest BCUT2D eigenvalue weighted by Gasteiger charge is 2.31. The molecule has 0 spiro atoms. The minimum Gasteiger partial charge on any atom is -0.398 e. The van der Waals surface area contributed by atoms with E-state index in [1.165, 1.54) is 0 Å². The molecule has 2 N–H and O–H groups in total. The number of rotatable bonds is 4. The molecular weight excluding hydrogens is 248 g/mol. The Bertz CT molecular complexity index is 513. The SMILES string of the molecule is CCN(Cc1ccccc1N)C1CCS(=O)(=O)C1. The fourth-order valence-electron chi connectivity index (χ4n) is 2.46. The van der Waals surface area contributed by atoms with Crippen molar-refractivity contribution in [2.45, 2.75) is 25.9 Å². The number of hydrogen-bond acceptors (Lipinski definition) is 4. The quantitative estimate of drug-likeness (QED) is 0.836. The van der Waals surface area contributed by atoms with E-state index in [2.05, 4.69) is 11.8 Å². The molecule has 1 heterocycles. The molecule has 0 amide bonds. The Labute approximate surface area is 109 Å². The first-order chi connectivity index (χ1) is 8.52. The molecule has 1 aromatic rings. The Balaban J connectivity index is 2.09. The van der Waals surface area contributed by atoms with E-state index in [1.54, 1.807) is 0 Å². The van der Waals surface area contributed by atoms with Crippen molar-refractivity contribution in [1.82, 2.24) is 4.90 Å². The highest BCUT2D eigenvalue weighted by Crippen LogP contribution is 2.21. The van der Waals surface area contributed by atoms with Crippen LogP contribution >= 0.6 is 0 Å². The predicted octanol–water partition coefficient (Wildman–Crippen LogP) is 1.28. The lowest BCUT2D eigenvalue weighted by atomic mass is 10.1. The molecule has 1 aromatic carbocycles. The van der Waals surface area contributed by atoms with Crippen LogP contribution in [-0.2, 0) is 16.4 Å². The highest BCUT2D eigenvalue weighted by molar-refractivity contribution is 7.91. The maximum absolute atomic E-state index is 11.5. The Morgan fingerprint density at radius 3 is 2.67 bits per heavy atom. The molecule has 0 radical (unpaired) electrons. The summed E-state index contributed by atoms with van der Waals surface area (Å²) in [7, 11) is -2.83. The number of nitrogen functional groups attached to an aromatic ring is 1. The van der Waals surface area contributed by atoms with Crippen molar-refractivity contribution in [1.29, 1.82) is 0 Å². The Hall–Kier alpha value is -1.07. The lowest BCUT2D eigenvalue weighted by Crippen LogP contribution is -2.35. The Morgan fingerprint density at radius 2 is 2.11 bits per heavy atom. The minimum atomic E-state index is -2.83. The number of benzene rings is 1. The molecule has 1 aliphatic rings. The number of anilines is 1. The molecule has 0 aromatic heterocycles. The molecule has 0 aliphatic carbocycles. The summed E-state index contributed by atoms with van der Waals surface area (Å²) in [6, 6.07) is 7.90. The zero-order valence-corrected chi connectivity index (χ0v) is 11.5. The van der Waals surface area contributed by atoms with E-state index >= 15 is 0 Å². The average Bonchev–Trinajstić information content (AvgIpc) is 2.68. The second-order valence-electron chi connectivity index (χ2n) is 4.82. The van der Waals surface area contributed by atoms with E-state index in [4.69, 9.17) is 5.73 Å². The third-order valence-corrected chi connectivity index (χ3v) is 5.31. The van der Waals surface area contributed by atoms with Crippen molar-refractivity contribution in [3.63, 3.8) is 0 Å². The summed E-state index contributed by atoms with van der Waals surface area (Å²) in [6.45, 7) is 3.63. The van der Waals surface area contributed by atoms with Gasteiger partial charge in [-0.25, -0.2) is 8.42 Å². The summed E-state index contributed by atoms with van der Waals surface area (Å²) in [5, 5.41) is 0. The van der Waals surface area contributed by atoms with Gasteiger partial charge in [0.25, 0.3) is 0 Å². The van der Waals surface area contributed by atoms with Crippen LogP contribution in [0.25, 0.3) is 0 Å². The summed E-state index contributed by atoms with van der Waals surface area (Å²) >= 11 is 0. The van der Waals surface area contributed by atoms with Gasteiger partial charge in [0.05, 0.1) is 11.5 Å². The summed E-state index contributed by atoms with van der Waals surface area (Å²) < 4.78 is 23.1. The summed E-state index contributed by atoms with van der Waals surface area (Å²) in [5.74, 6) is 0.603. The zero-order valence-electron chi connectivity index (χ0n) is 10.7. The second kappa shape index (κ2) is 5.28. The standard InChI is InChI=1S/C13H20N2O2S/c1-2-15(12-7-8-18(16,17)10-12)9-11-5-3-4-6-13(11)14/h3-6,12H,2,7-10,14H2,1H3. The summed E-state index contributed by atoms with van der Waals surface area (Å²) in [5.41, 5.74) is 7.78. The molecular formula is C13H20N2O2S. The van der Waals surface area contributed by atoms with Crippen LogP contribution in [0.1, 0.15) is 18.9 Å². The van der Waals surface area contributed by atoms with Crippen molar-refractivity contribution in [2.75, 3.05) is 23.8 Å². The fourth-order valence-corrected chi connectivity index (χ4v) is 4.22. The van der Waals surface area contributed by atoms with Crippen molar-refractivity contribution in [3.05, 3.63) is 29.8 Å². The van der Waals surface area contributed by atoms with Crippen LogP contribution in [-0.4, -0.2) is 37.4 Å². The first-order valence-corrected chi connectivity index (χ1v) is 8.12. The molecule has 5 heteroatoms.